The van der Waals surface area contributed by atoms with E-state index in [0.717, 1.165) is 0 Å². The molecule has 0 radical (unpaired) electrons. The molecule has 0 aliphatic carbocycles. The fourth-order valence-corrected chi connectivity index (χ4v) is 3.18. The molecule has 1 aromatic carbocycles. The Bertz CT molecular complexity index is 666. The van der Waals surface area contributed by atoms with Gasteiger partial charge in [0.2, 0.25) is 0 Å². The van der Waals surface area contributed by atoms with Crippen LogP contribution in [0.25, 0.3) is 0 Å². The van der Waals surface area contributed by atoms with Crippen molar-refractivity contribution in [3.05, 3.63) is 35.9 Å². The van der Waals surface area contributed by atoms with Gasteiger partial charge in [0.15, 0.2) is 0 Å². The zero-order chi connectivity index (χ0) is 19.5. The van der Waals surface area contributed by atoms with E-state index in [1.165, 1.54) is 4.90 Å². The molecular formula is C19H25NO6. The molecule has 1 aliphatic heterocycles. The second-order valence-electron chi connectivity index (χ2n) is 7.21. The van der Waals surface area contributed by atoms with Crippen molar-refractivity contribution >= 4 is 18.0 Å². The van der Waals surface area contributed by atoms with Gasteiger partial charge in [-0.1, -0.05) is 30.3 Å². The summed E-state index contributed by atoms with van der Waals surface area (Å²) >= 11 is 0. The lowest BCUT2D eigenvalue weighted by molar-refractivity contribution is -0.148. The Morgan fingerprint density at radius 3 is 2.31 bits per heavy atom. The lowest BCUT2D eigenvalue weighted by atomic mass is 9.84. The molecule has 1 N–H and O–H groups in total. The molecule has 7 nitrogen and oxygen atoms in total. The van der Waals surface area contributed by atoms with Crippen LogP contribution in [-0.2, 0) is 19.1 Å². The van der Waals surface area contributed by atoms with Crippen molar-refractivity contribution in [1.82, 2.24) is 4.90 Å². The molecule has 2 rings (SSSR count). The van der Waals surface area contributed by atoms with E-state index in [-0.39, 0.29) is 13.2 Å². The number of hydrogen-bond donors (Lipinski definition) is 1. The van der Waals surface area contributed by atoms with Crippen LogP contribution in [0.3, 0.4) is 0 Å². The fourth-order valence-electron chi connectivity index (χ4n) is 3.18. The van der Waals surface area contributed by atoms with Crippen molar-refractivity contribution in [2.45, 2.75) is 45.3 Å². The Kier molecular flexibility index (Phi) is 5.90. The Balaban J connectivity index is 2.46. The lowest BCUT2D eigenvalue weighted by Crippen LogP contribution is -2.45. The van der Waals surface area contributed by atoms with E-state index in [0.29, 0.717) is 5.56 Å². The molecule has 0 spiro atoms. The van der Waals surface area contributed by atoms with Crippen molar-refractivity contribution in [3.8, 4) is 0 Å². The van der Waals surface area contributed by atoms with E-state index in [1.54, 1.807) is 58.0 Å². The van der Waals surface area contributed by atoms with Gasteiger partial charge in [-0.25, -0.2) is 9.59 Å². The number of carboxylic acid groups (broad SMARTS) is 1. The summed E-state index contributed by atoms with van der Waals surface area (Å²) in [4.78, 5) is 38.3. The predicted molar refractivity (Wildman–Crippen MR) is 93.7 cm³/mol. The maximum atomic E-state index is 12.6. The minimum atomic E-state index is -1.07. The minimum Gasteiger partial charge on any atom is -0.481 e. The smallest absolute Gasteiger partial charge is 0.411 e. The molecule has 1 saturated heterocycles. The molecule has 0 aromatic heterocycles. The molecule has 1 aromatic rings. The summed E-state index contributed by atoms with van der Waals surface area (Å²) in [7, 11) is 0. The van der Waals surface area contributed by atoms with E-state index in [2.05, 4.69) is 0 Å². The highest BCUT2D eigenvalue weighted by Gasteiger charge is 2.53. The summed E-state index contributed by atoms with van der Waals surface area (Å²) in [5.41, 5.74) is -0.0937. The van der Waals surface area contributed by atoms with Gasteiger partial charge in [0, 0.05) is 12.5 Å². The van der Waals surface area contributed by atoms with Gasteiger partial charge in [0.05, 0.1) is 12.5 Å². The summed E-state index contributed by atoms with van der Waals surface area (Å²) in [6.07, 6.45) is -0.722. The monoisotopic (exact) mass is 363 g/mol. The number of benzene rings is 1. The van der Waals surface area contributed by atoms with E-state index in [4.69, 9.17) is 9.47 Å². The second-order valence-corrected chi connectivity index (χ2v) is 7.21. The Hall–Kier alpha value is -2.57. The summed E-state index contributed by atoms with van der Waals surface area (Å²) in [5, 5.41) is 9.68. The molecule has 0 saturated carbocycles. The Morgan fingerprint density at radius 1 is 1.19 bits per heavy atom. The molecule has 3 atom stereocenters. The van der Waals surface area contributed by atoms with Crippen LogP contribution >= 0.6 is 0 Å². The van der Waals surface area contributed by atoms with Crippen molar-refractivity contribution in [3.63, 3.8) is 0 Å². The van der Waals surface area contributed by atoms with E-state index in [1.807, 2.05) is 0 Å². The fraction of sp³-hybridized carbons (Fsp3) is 0.526. The summed E-state index contributed by atoms with van der Waals surface area (Å²) in [6, 6.07) is 7.81. The van der Waals surface area contributed by atoms with Crippen LogP contribution in [-0.4, -0.2) is 52.8 Å². The van der Waals surface area contributed by atoms with E-state index >= 15 is 0 Å². The molecule has 1 aliphatic rings. The van der Waals surface area contributed by atoms with Crippen molar-refractivity contribution in [2.24, 2.45) is 5.92 Å². The van der Waals surface area contributed by atoms with Gasteiger partial charge >= 0.3 is 18.0 Å². The van der Waals surface area contributed by atoms with Gasteiger partial charge in [-0.05, 0) is 33.3 Å². The third-order valence-corrected chi connectivity index (χ3v) is 4.16. The first-order chi connectivity index (χ1) is 12.2. The second kappa shape index (κ2) is 7.76. The summed E-state index contributed by atoms with van der Waals surface area (Å²) < 4.78 is 10.5. The third kappa shape index (κ3) is 4.33. The highest BCUT2D eigenvalue weighted by atomic mass is 16.6. The standard InChI is InChI=1S/C19H25NO6/c1-5-25-17(23)15-14(12-9-7-6-8-10-12)13(16(21)22)11-20(15)18(24)26-19(2,3)4/h6-10,13-15H,5,11H2,1-4H3,(H,21,22)/t13-,14+,15+/m1/s1. The quantitative estimate of drug-likeness (QED) is 0.827. The zero-order valence-corrected chi connectivity index (χ0v) is 15.5. The highest BCUT2D eigenvalue weighted by molar-refractivity contribution is 5.86. The Labute approximate surface area is 152 Å². The van der Waals surface area contributed by atoms with Gasteiger partial charge < -0.3 is 14.6 Å². The number of carbonyl (C=O) groups is 3. The van der Waals surface area contributed by atoms with Gasteiger partial charge in [-0.3, -0.25) is 9.69 Å². The normalized spacial score (nSPS) is 22.8. The topological polar surface area (TPSA) is 93.1 Å². The van der Waals surface area contributed by atoms with Gasteiger partial charge in [-0.2, -0.15) is 0 Å². The zero-order valence-electron chi connectivity index (χ0n) is 15.5. The third-order valence-electron chi connectivity index (χ3n) is 4.16. The SMILES string of the molecule is CCOC(=O)[C@@H]1[C@@H](c2ccccc2)[C@H](C(=O)O)CN1C(=O)OC(C)(C)C. The maximum Gasteiger partial charge on any atom is 0.411 e. The number of amides is 1. The molecule has 0 bridgehead atoms. The number of esters is 1. The number of carbonyl (C=O) groups excluding carboxylic acids is 2. The lowest BCUT2D eigenvalue weighted by Gasteiger charge is -2.29. The minimum absolute atomic E-state index is 0.118. The molecule has 1 amide bonds. The molecular weight excluding hydrogens is 338 g/mol. The number of nitrogens with zero attached hydrogens (tertiary/aromatic N) is 1. The first-order valence-electron chi connectivity index (χ1n) is 8.59. The molecule has 0 unspecified atom stereocenters. The van der Waals surface area contributed by atoms with Crippen LogP contribution < -0.4 is 0 Å². The maximum absolute atomic E-state index is 12.6. The van der Waals surface area contributed by atoms with Gasteiger partial charge in [0.1, 0.15) is 11.6 Å². The molecule has 142 valence electrons. The van der Waals surface area contributed by atoms with Gasteiger partial charge in [-0.15, -0.1) is 0 Å². The first kappa shape index (κ1) is 19.8. The number of carboxylic acids is 1. The summed E-state index contributed by atoms with van der Waals surface area (Å²) in [6.45, 7) is 6.82. The van der Waals surface area contributed by atoms with Crippen LogP contribution in [0.1, 0.15) is 39.2 Å². The average Bonchev–Trinajstić information content (AvgIpc) is 2.95. The van der Waals surface area contributed by atoms with Gasteiger partial charge in [0.25, 0.3) is 0 Å². The summed E-state index contributed by atoms with van der Waals surface area (Å²) in [5.74, 6) is -3.34. The average molecular weight is 363 g/mol. The highest BCUT2D eigenvalue weighted by Crippen LogP contribution is 2.39. The Morgan fingerprint density at radius 2 is 1.81 bits per heavy atom. The van der Waals surface area contributed by atoms with Crippen LogP contribution in [0.5, 0.6) is 0 Å². The van der Waals surface area contributed by atoms with Crippen LogP contribution in [0, 0.1) is 5.92 Å². The first-order valence-corrected chi connectivity index (χ1v) is 8.59. The van der Waals surface area contributed by atoms with Crippen LogP contribution in [0.15, 0.2) is 30.3 Å². The van der Waals surface area contributed by atoms with Crippen molar-refractivity contribution < 1.29 is 29.0 Å². The van der Waals surface area contributed by atoms with Crippen LogP contribution in [0.4, 0.5) is 4.79 Å². The van der Waals surface area contributed by atoms with Crippen molar-refractivity contribution in [2.75, 3.05) is 13.2 Å². The molecule has 7 heteroatoms. The molecule has 1 fully saturated rings. The number of hydrogen-bond acceptors (Lipinski definition) is 5. The number of rotatable bonds is 4. The van der Waals surface area contributed by atoms with Crippen LogP contribution in [0.2, 0.25) is 0 Å². The molecule has 1 heterocycles. The number of ether oxygens (including phenoxy) is 2. The van der Waals surface area contributed by atoms with E-state index < -0.39 is 41.5 Å². The largest absolute Gasteiger partial charge is 0.481 e. The number of likely N-dealkylation sites (tertiary alicyclic amines) is 1. The predicted octanol–water partition coefficient (Wildman–Crippen LogP) is 2.65. The number of aliphatic carboxylic acids is 1. The van der Waals surface area contributed by atoms with E-state index in [9.17, 15) is 19.5 Å². The molecule has 26 heavy (non-hydrogen) atoms. The van der Waals surface area contributed by atoms with Crippen molar-refractivity contribution in [1.29, 1.82) is 0 Å².